The van der Waals surface area contributed by atoms with E-state index >= 15 is 0 Å². The molecule has 0 spiro atoms. The van der Waals surface area contributed by atoms with Gasteiger partial charge in [-0.1, -0.05) is 11.6 Å². The molecule has 3 rings (SSSR count). The largest absolute Gasteiger partial charge is 0.376 e. The Hall–Kier alpha value is -1.86. The van der Waals surface area contributed by atoms with Crippen molar-refractivity contribution in [1.82, 2.24) is 24.9 Å². The maximum absolute atomic E-state index is 12.1. The Morgan fingerprint density at radius 1 is 1.48 bits per heavy atom. The van der Waals surface area contributed by atoms with Crippen molar-refractivity contribution in [2.45, 2.75) is 39.5 Å². The molecule has 0 unspecified atom stereocenters. The van der Waals surface area contributed by atoms with Crippen molar-refractivity contribution in [3.8, 4) is 0 Å². The van der Waals surface area contributed by atoms with E-state index in [-0.39, 0.29) is 12.0 Å². The summed E-state index contributed by atoms with van der Waals surface area (Å²) < 4.78 is 8.91. The molecule has 1 aliphatic rings. The van der Waals surface area contributed by atoms with E-state index in [0.717, 1.165) is 30.8 Å². The van der Waals surface area contributed by atoms with E-state index in [9.17, 15) is 4.79 Å². The number of carbonyl (C=O) groups is 1. The number of amides is 1. The molecule has 0 aromatic carbocycles. The standard InChI is InChI=1S/C15H20ClN5O2/c1-10-14(16)11(2)21(18-10)9-20-6-5-13(19-20)15(22)17-8-12-4-3-7-23-12/h5-6,12H,3-4,7-9H2,1-2H3,(H,17,22)/t12-/m1/s1. The van der Waals surface area contributed by atoms with E-state index in [1.165, 1.54) is 0 Å². The number of rotatable bonds is 5. The fourth-order valence-electron chi connectivity index (χ4n) is 2.61. The van der Waals surface area contributed by atoms with Gasteiger partial charge in [0.2, 0.25) is 0 Å². The Morgan fingerprint density at radius 2 is 2.30 bits per heavy atom. The molecule has 0 aliphatic carbocycles. The number of hydrogen-bond acceptors (Lipinski definition) is 4. The summed E-state index contributed by atoms with van der Waals surface area (Å²) in [6.45, 7) is 5.48. The maximum atomic E-state index is 12.1. The highest BCUT2D eigenvalue weighted by Crippen LogP contribution is 2.18. The Kier molecular flexibility index (Phi) is 4.68. The molecule has 1 fully saturated rings. The summed E-state index contributed by atoms with van der Waals surface area (Å²) in [5.74, 6) is -0.189. The first-order valence-corrected chi connectivity index (χ1v) is 8.05. The number of ether oxygens (including phenoxy) is 1. The zero-order chi connectivity index (χ0) is 16.4. The van der Waals surface area contributed by atoms with Crippen LogP contribution in [-0.4, -0.2) is 44.7 Å². The molecule has 1 N–H and O–H groups in total. The molecule has 1 atom stereocenters. The Balaban J connectivity index is 1.60. The second-order valence-electron chi connectivity index (χ2n) is 5.71. The highest BCUT2D eigenvalue weighted by Gasteiger charge is 2.18. The second-order valence-corrected chi connectivity index (χ2v) is 6.09. The lowest BCUT2D eigenvalue weighted by molar-refractivity contribution is 0.0853. The van der Waals surface area contributed by atoms with Crippen LogP contribution in [0.1, 0.15) is 34.7 Å². The average molecular weight is 338 g/mol. The normalized spacial score (nSPS) is 17.6. The number of aromatic nitrogens is 4. The molecule has 0 radical (unpaired) electrons. The Morgan fingerprint density at radius 3 is 2.96 bits per heavy atom. The van der Waals surface area contributed by atoms with Gasteiger partial charge in [-0.05, 0) is 32.8 Å². The zero-order valence-corrected chi connectivity index (χ0v) is 14.0. The van der Waals surface area contributed by atoms with Crippen molar-refractivity contribution in [3.05, 3.63) is 34.4 Å². The molecule has 0 saturated carbocycles. The highest BCUT2D eigenvalue weighted by atomic mass is 35.5. The van der Waals surface area contributed by atoms with Crippen LogP contribution in [0.2, 0.25) is 5.02 Å². The maximum Gasteiger partial charge on any atom is 0.271 e. The van der Waals surface area contributed by atoms with Crippen LogP contribution in [-0.2, 0) is 11.4 Å². The molecule has 3 heterocycles. The van der Waals surface area contributed by atoms with E-state index in [1.54, 1.807) is 21.6 Å². The summed E-state index contributed by atoms with van der Waals surface area (Å²) in [6.07, 6.45) is 3.93. The van der Waals surface area contributed by atoms with Crippen molar-refractivity contribution in [1.29, 1.82) is 0 Å². The van der Waals surface area contributed by atoms with Gasteiger partial charge in [0.25, 0.3) is 5.91 Å². The number of halogens is 1. The summed E-state index contributed by atoms with van der Waals surface area (Å²) in [5.41, 5.74) is 2.05. The lowest BCUT2D eigenvalue weighted by Gasteiger charge is -2.09. The van der Waals surface area contributed by atoms with Gasteiger partial charge in [-0.2, -0.15) is 10.2 Å². The van der Waals surface area contributed by atoms with Crippen LogP contribution in [0.15, 0.2) is 12.3 Å². The first kappa shape index (κ1) is 16.0. The molecule has 2 aromatic rings. The first-order chi connectivity index (χ1) is 11.0. The molecule has 0 bridgehead atoms. The average Bonchev–Trinajstić information content (AvgIpc) is 3.25. The second kappa shape index (κ2) is 6.72. The van der Waals surface area contributed by atoms with Gasteiger partial charge in [0.15, 0.2) is 0 Å². The Bertz CT molecular complexity index is 703. The lowest BCUT2D eigenvalue weighted by atomic mass is 10.2. The van der Waals surface area contributed by atoms with E-state index in [2.05, 4.69) is 15.5 Å². The van der Waals surface area contributed by atoms with Crippen LogP contribution >= 0.6 is 11.6 Å². The smallest absolute Gasteiger partial charge is 0.271 e. The molecule has 7 nitrogen and oxygen atoms in total. The van der Waals surface area contributed by atoms with E-state index < -0.39 is 0 Å². The SMILES string of the molecule is Cc1nn(Cn2ccc(C(=O)NC[C@H]3CCCO3)n2)c(C)c1Cl. The number of carbonyl (C=O) groups excluding carboxylic acids is 1. The number of nitrogens with one attached hydrogen (secondary N) is 1. The topological polar surface area (TPSA) is 74.0 Å². The highest BCUT2D eigenvalue weighted by molar-refractivity contribution is 6.31. The molecular formula is C15H20ClN5O2. The monoisotopic (exact) mass is 337 g/mol. The lowest BCUT2D eigenvalue weighted by Crippen LogP contribution is -2.32. The third-order valence-corrected chi connectivity index (χ3v) is 4.51. The van der Waals surface area contributed by atoms with E-state index in [1.807, 2.05) is 13.8 Å². The summed E-state index contributed by atoms with van der Waals surface area (Å²) in [6, 6.07) is 1.69. The fourth-order valence-corrected chi connectivity index (χ4v) is 2.75. The minimum absolute atomic E-state index is 0.123. The van der Waals surface area contributed by atoms with Crippen LogP contribution in [0, 0.1) is 13.8 Å². The van der Waals surface area contributed by atoms with Crippen LogP contribution in [0.4, 0.5) is 0 Å². The van der Waals surface area contributed by atoms with Crippen molar-refractivity contribution >= 4 is 17.5 Å². The van der Waals surface area contributed by atoms with Crippen LogP contribution in [0.3, 0.4) is 0 Å². The molecule has 1 amide bonds. The minimum atomic E-state index is -0.189. The number of nitrogens with zero attached hydrogens (tertiary/aromatic N) is 4. The van der Waals surface area contributed by atoms with E-state index in [0.29, 0.717) is 23.9 Å². The van der Waals surface area contributed by atoms with Crippen LogP contribution in [0.25, 0.3) is 0 Å². The molecule has 2 aromatic heterocycles. The van der Waals surface area contributed by atoms with Gasteiger partial charge in [0.1, 0.15) is 12.4 Å². The third kappa shape index (κ3) is 3.56. The van der Waals surface area contributed by atoms with Gasteiger partial charge in [-0.25, -0.2) is 4.68 Å². The summed E-state index contributed by atoms with van der Waals surface area (Å²) in [7, 11) is 0. The van der Waals surface area contributed by atoms with Crippen molar-refractivity contribution in [2.24, 2.45) is 0 Å². The van der Waals surface area contributed by atoms with Gasteiger partial charge in [-0.3, -0.25) is 9.48 Å². The van der Waals surface area contributed by atoms with Crippen molar-refractivity contribution in [2.75, 3.05) is 13.2 Å². The Labute approximate surface area is 139 Å². The summed E-state index contributed by atoms with van der Waals surface area (Å²) in [4.78, 5) is 12.1. The predicted octanol–water partition coefficient (Wildman–Crippen LogP) is 1.76. The van der Waals surface area contributed by atoms with Crippen molar-refractivity contribution < 1.29 is 9.53 Å². The third-order valence-electron chi connectivity index (χ3n) is 3.96. The molecule has 8 heteroatoms. The van der Waals surface area contributed by atoms with E-state index in [4.69, 9.17) is 16.3 Å². The molecule has 124 valence electrons. The summed E-state index contributed by atoms with van der Waals surface area (Å²) >= 11 is 6.13. The predicted molar refractivity (Wildman–Crippen MR) is 85.6 cm³/mol. The van der Waals surface area contributed by atoms with Crippen molar-refractivity contribution in [3.63, 3.8) is 0 Å². The zero-order valence-electron chi connectivity index (χ0n) is 13.3. The van der Waals surface area contributed by atoms with Gasteiger partial charge in [0.05, 0.1) is 22.5 Å². The van der Waals surface area contributed by atoms with Gasteiger partial charge in [0, 0.05) is 19.3 Å². The van der Waals surface area contributed by atoms with Gasteiger partial charge in [-0.15, -0.1) is 0 Å². The molecular weight excluding hydrogens is 318 g/mol. The summed E-state index contributed by atoms with van der Waals surface area (Å²) in [5, 5.41) is 12.2. The molecule has 1 aliphatic heterocycles. The number of aryl methyl sites for hydroxylation is 1. The molecule has 1 saturated heterocycles. The quantitative estimate of drug-likeness (QED) is 0.902. The first-order valence-electron chi connectivity index (χ1n) is 7.67. The van der Waals surface area contributed by atoms with Gasteiger partial charge >= 0.3 is 0 Å². The fraction of sp³-hybridized carbons (Fsp3) is 0.533. The minimum Gasteiger partial charge on any atom is -0.376 e. The molecule has 23 heavy (non-hydrogen) atoms. The number of hydrogen-bond donors (Lipinski definition) is 1. The van der Waals surface area contributed by atoms with Crippen LogP contribution < -0.4 is 5.32 Å². The van der Waals surface area contributed by atoms with Crippen LogP contribution in [0.5, 0.6) is 0 Å². The van der Waals surface area contributed by atoms with Gasteiger partial charge < -0.3 is 10.1 Å².